The summed E-state index contributed by atoms with van der Waals surface area (Å²) in [6, 6.07) is 5.09. The van der Waals surface area contributed by atoms with Crippen LogP contribution in [0.15, 0.2) is 24.3 Å². The predicted octanol–water partition coefficient (Wildman–Crippen LogP) is 2.76. The van der Waals surface area contributed by atoms with Crippen molar-refractivity contribution < 1.29 is 18.0 Å². The average molecular weight is 300 g/mol. The minimum Gasteiger partial charge on any atom is -0.347 e. The maximum absolute atomic E-state index is 12.7. The van der Waals surface area contributed by atoms with E-state index < -0.39 is 11.7 Å². The minimum atomic E-state index is -4.33. The Kier molecular flexibility index (Phi) is 4.56. The summed E-state index contributed by atoms with van der Waals surface area (Å²) in [5.74, 6) is 0.0134. The third kappa shape index (κ3) is 3.75. The van der Waals surface area contributed by atoms with E-state index in [1.54, 1.807) is 20.2 Å². The van der Waals surface area contributed by atoms with Crippen LogP contribution < -0.4 is 0 Å². The van der Waals surface area contributed by atoms with Crippen LogP contribution in [0.25, 0.3) is 0 Å². The number of alkyl halides is 3. The maximum Gasteiger partial charge on any atom is 0.416 e. The van der Waals surface area contributed by atoms with Crippen molar-refractivity contribution in [3.63, 3.8) is 0 Å². The van der Waals surface area contributed by atoms with Gasteiger partial charge in [-0.15, -0.1) is 0 Å². The van der Waals surface area contributed by atoms with Crippen molar-refractivity contribution in [2.24, 2.45) is 0 Å². The highest BCUT2D eigenvalue weighted by Gasteiger charge is 2.33. The first-order valence-corrected chi connectivity index (χ1v) is 6.90. The zero-order chi connectivity index (χ0) is 15.6. The van der Waals surface area contributed by atoms with Crippen molar-refractivity contribution in [1.82, 2.24) is 9.80 Å². The third-order valence-electron chi connectivity index (χ3n) is 3.73. The molecule has 0 N–H and O–H groups in total. The van der Waals surface area contributed by atoms with E-state index in [1.165, 1.54) is 11.0 Å². The van der Waals surface area contributed by atoms with Gasteiger partial charge in [-0.3, -0.25) is 9.69 Å². The summed E-state index contributed by atoms with van der Waals surface area (Å²) in [5.41, 5.74) is -0.0574. The van der Waals surface area contributed by atoms with Gasteiger partial charge in [-0.25, -0.2) is 0 Å². The second kappa shape index (κ2) is 6.05. The Morgan fingerprint density at radius 3 is 2.71 bits per heavy atom. The lowest BCUT2D eigenvalue weighted by Gasteiger charge is -2.26. The van der Waals surface area contributed by atoms with Gasteiger partial charge in [0.15, 0.2) is 0 Å². The standard InChI is InChI=1S/C15H19F3N2O/c1-19(2)14(21)13-7-4-8-20(13)10-11-5-3-6-12(9-11)15(16,17)18/h3,5-6,9,13H,4,7-8,10H2,1-2H3/t13-/m0/s1. The number of likely N-dealkylation sites (N-methyl/N-ethyl adjacent to an activating group) is 1. The number of benzene rings is 1. The largest absolute Gasteiger partial charge is 0.416 e. The van der Waals surface area contributed by atoms with Gasteiger partial charge in [0.1, 0.15) is 0 Å². The topological polar surface area (TPSA) is 23.6 Å². The first kappa shape index (κ1) is 15.8. The van der Waals surface area contributed by atoms with Crippen LogP contribution in [0.3, 0.4) is 0 Å². The first-order valence-electron chi connectivity index (χ1n) is 6.90. The molecule has 116 valence electrons. The van der Waals surface area contributed by atoms with Crippen LogP contribution in [-0.2, 0) is 17.5 Å². The van der Waals surface area contributed by atoms with E-state index in [-0.39, 0.29) is 11.9 Å². The summed E-state index contributed by atoms with van der Waals surface area (Å²) in [6.45, 7) is 1.11. The van der Waals surface area contributed by atoms with Crippen molar-refractivity contribution in [1.29, 1.82) is 0 Å². The highest BCUT2D eigenvalue weighted by atomic mass is 19.4. The van der Waals surface area contributed by atoms with Crippen molar-refractivity contribution in [2.75, 3.05) is 20.6 Å². The molecule has 0 aliphatic carbocycles. The molecule has 1 amide bonds. The van der Waals surface area contributed by atoms with Gasteiger partial charge in [-0.2, -0.15) is 13.2 Å². The molecule has 0 bridgehead atoms. The third-order valence-corrected chi connectivity index (χ3v) is 3.73. The highest BCUT2D eigenvalue weighted by molar-refractivity contribution is 5.81. The molecule has 1 heterocycles. The van der Waals surface area contributed by atoms with Crippen molar-refractivity contribution in [3.8, 4) is 0 Å². The fourth-order valence-electron chi connectivity index (χ4n) is 2.67. The number of hydrogen-bond donors (Lipinski definition) is 0. The number of hydrogen-bond acceptors (Lipinski definition) is 2. The summed E-state index contributed by atoms with van der Waals surface area (Å²) in [5, 5.41) is 0. The van der Waals surface area contributed by atoms with E-state index in [4.69, 9.17) is 0 Å². The second-order valence-electron chi connectivity index (χ2n) is 5.56. The number of halogens is 3. The molecule has 0 unspecified atom stereocenters. The Hall–Kier alpha value is -1.56. The van der Waals surface area contributed by atoms with Crippen LogP contribution in [0, 0.1) is 0 Å². The maximum atomic E-state index is 12.7. The van der Waals surface area contributed by atoms with Gasteiger partial charge in [-0.1, -0.05) is 18.2 Å². The van der Waals surface area contributed by atoms with Gasteiger partial charge in [0, 0.05) is 20.6 Å². The predicted molar refractivity (Wildman–Crippen MR) is 73.6 cm³/mol. The lowest BCUT2D eigenvalue weighted by molar-refractivity contribution is -0.138. The molecular formula is C15H19F3N2O. The number of likely N-dealkylation sites (tertiary alicyclic amines) is 1. The molecule has 2 rings (SSSR count). The van der Waals surface area contributed by atoms with E-state index in [1.807, 2.05) is 4.90 Å². The van der Waals surface area contributed by atoms with Gasteiger partial charge in [0.25, 0.3) is 0 Å². The molecule has 21 heavy (non-hydrogen) atoms. The molecule has 0 spiro atoms. The van der Waals surface area contributed by atoms with E-state index >= 15 is 0 Å². The summed E-state index contributed by atoms with van der Waals surface area (Å²) in [4.78, 5) is 15.6. The van der Waals surface area contributed by atoms with E-state index in [9.17, 15) is 18.0 Å². The minimum absolute atomic E-state index is 0.0134. The van der Waals surface area contributed by atoms with Crippen LogP contribution in [-0.4, -0.2) is 42.4 Å². The normalized spacial score (nSPS) is 19.8. The zero-order valence-corrected chi connectivity index (χ0v) is 12.2. The summed E-state index contributed by atoms with van der Waals surface area (Å²) in [7, 11) is 3.40. The monoisotopic (exact) mass is 300 g/mol. The van der Waals surface area contributed by atoms with Gasteiger partial charge in [0.05, 0.1) is 11.6 Å². The number of carbonyl (C=O) groups excluding carboxylic acids is 1. The number of carbonyl (C=O) groups is 1. The SMILES string of the molecule is CN(C)C(=O)[C@@H]1CCCN1Cc1cccc(C(F)(F)F)c1. The Balaban J connectivity index is 2.12. The Bertz CT molecular complexity index is 514. The molecule has 1 aliphatic heterocycles. The fourth-order valence-corrected chi connectivity index (χ4v) is 2.67. The summed E-state index contributed by atoms with van der Waals surface area (Å²) < 4.78 is 38.2. The molecule has 0 aromatic heterocycles. The van der Waals surface area contributed by atoms with Crippen LogP contribution in [0.5, 0.6) is 0 Å². The van der Waals surface area contributed by atoms with E-state index in [0.717, 1.165) is 31.5 Å². The Labute approximate surface area is 122 Å². The molecule has 6 heteroatoms. The van der Waals surface area contributed by atoms with Gasteiger partial charge >= 0.3 is 6.18 Å². The Morgan fingerprint density at radius 1 is 1.38 bits per heavy atom. The fraction of sp³-hybridized carbons (Fsp3) is 0.533. The first-order chi connectivity index (χ1) is 9.79. The smallest absolute Gasteiger partial charge is 0.347 e. The van der Waals surface area contributed by atoms with Crippen LogP contribution in [0.2, 0.25) is 0 Å². The lowest BCUT2D eigenvalue weighted by atomic mass is 10.1. The molecular weight excluding hydrogens is 281 g/mol. The van der Waals surface area contributed by atoms with Gasteiger partial charge in [-0.05, 0) is 31.0 Å². The number of nitrogens with zero attached hydrogens (tertiary/aromatic N) is 2. The number of amides is 1. The summed E-state index contributed by atoms with van der Waals surface area (Å²) in [6.07, 6.45) is -2.68. The van der Waals surface area contributed by atoms with Crippen molar-refractivity contribution in [2.45, 2.75) is 31.6 Å². The van der Waals surface area contributed by atoms with Crippen LogP contribution in [0.1, 0.15) is 24.0 Å². The second-order valence-corrected chi connectivity index (χ2v) is 5.56. The van der Waals surface area contributed by atoms with Gasteiger partial charge < -0.3 is 4.90 Å². The molecule has 1 aliphatic rings. The quantitative estimate of drug-likeness (QED) is 0.857. The van der Waals surface area contributed by atoms with E-state index in [2.05, 4.69) is 0 Å². The van der Waals surface area contributed by atoms with Gasteiger partial charge in [0.2, 0.25) is 5.91 Å². The summed E-state index contributed by atoms with van der Waals surface area (Å²) >= 11 is 0. The molecule has 1 aromatic rings. The lowest BCUT2D eigenvalue weighted by Crippen LogP contribution is -2.42. The molecule has 0 radical (unpaired) electrons. The van der Waals surface area contributed by atoms with E-state index in [0.29, 0.717) is 12.1 Å². The molecule has 0 saturated carbocycles. The van der Waals surface area contributed by atoms with Crippen LogP contribution in [0.4, 0.5) is 13.2 Å². The molecule has 1 fully saturated rings. The molecule has 1 atom stereocenters. The Morgan fingerprint density at radius 2 is 2.10 bits per heavy atom. The molecule has 1 saturated heterocycles. The zero-order valence-electron chi connectivity index (χ0n) is 12.2. The highest BCUT2D eigenvalue weighted by Crippen LogP contribution is 2.30. The number of rotatable bonds is 3. The van der Waals surface area contributed by atoms with Crippen molar-refractivity contribution >= 4 is 5.91 Å². The van der Waals surface area contributed by atoms with Crippen molar-refractivity contribution in [3.05, 3.63) is 35.4 Å². The molecule has 1 aromatic carbocycles. The molecule has 3 nitrogen and oxygen atoms in total. The van der Waals surface area contributed by atoms with Crippen LogP contribution >= 0.6 is 0 Å². The average Bonchev–Trinajstić information content (AvgIpc) is 2.85.